The highest BCUT2D eigenvalue weighted by atomic mass is 32.2. The molecule has 1 aromatic carbocycles. The molecule has 0 aromatic heterocycles. The molecule has 1 amide bonds. The molecule has 0 saturated carbocycles. The quantitative estimate of drug-likeness (QED) is 0.711. The van der Waals surface area contributed by atoms with Crippen LogP contribution in [0.2, 0.25) is 0 Å². The van der Waals surface area contributed by atoms with Gasteiger partial charge in [-0.3, -0.25) is 4.79 Å². The smallest absolute Gasteiger partial charge is 0.256 e. The maximum absolute atomic E-state index is 12.0. The van der Waals surface area contributed by atoms with E-state index in [9.17, 15) is 9.90 Å². The van der Waals surface area contributed by atoms with Gasteiger partial charge in [-0.25, -0.2) is 0 Å². The minimum atomic E-state index is -1.06. The summed E-state index contributed by atoms with van der Waals surface area (Å²) in [5, 5.41) is 10.5. The van der Waals surface area contributed by atoms with Crippen LogP contribution < -0.4 is 0 Å². The van der Waals surface area contributed by atoms with Gasteiger partial charge in [0, 0.05) is 29.2 Å². The number of thioether (sulfide) groups is 1. The second-order valence-electron chi connectivity index (χ2n) is 3.87. The van der Waals surface area contributed by atoms with Gasteiger partial charge in [-0.2, -0.15) is 11.8 Å². The van der Waals surface area contributed by atoms with Gasteiger partial charge in [0.15, 0.2) is 5.72 Å². The number of rotatable bonds is 0. The Morgan fingerprint density at radius 1 is 1.40 bits per heavy atom. The van der Waals surface area contributed by atoms with E-state index in [0.717, 1.165) is 11.3 Å². The van der Waals surface area contributed by atoms with Crippen LogP contribution in [-0.2, 0) is 5.72 Å². The van der Waals surface area contributed by atoms with Crippen molar-refractivity contribution in [3.05, 3.63) is 35.4 Å². The molecule has 1 aromatic rings. The molecule has 1 fully saturated rings. The molecular formula is C11H11NO2S. The average Bonchev–Trinajstić information content (AvgIpc) is 2.50. The SMILES string of the molecule is O=C1c2ccccc2C2(O)CSCCN12. The number of hydrogen-bond donors (Lipinski definition) is 1. The lowest BCUT2D eigenvalue weighted by atomic mass is 10.0. The standard InChI is InChI=1S/C11H11NO2S/c13-10-8-3-1-2-4-9(8)11(14)7-15-6-5-12(10)11/h1-4,14H,5-7H2. The molecule has 4 heteroatoms. The zero-order valence-corrected chi connectivity index (χ0v) is 8.96. The van der Waals surface area contributed by atoms with Gasteiger partial charge in [0.05, 0.1) is 0 Å². The highest BCUT2D eigenvalue weighted by molar-refractivity contribution is 7.99. The number of fused-ring (bicyclic) bond motifs is 3. The molecule has 3 rings (SSSR count). The summed E-state index contributed by atoms with van der Waals surface area (Å²) in [6.45, 7) is 0.634. The Hall–Kier alpha value is -1.00. The molecule has 1 N–H and O–H groups in total. The molecule has 1 saturated heterocycles. The van der Waals surface area contributed by atoms with Gasteiger partial charge in [-0.05, 0) is 6.07 Å². The Morgan fingerprint density at radius 2 is 2.20 bits per heavy atom. The predicted molar refractivity (Wildman–Crippen MR) is 58.7 cm³/mol. The summed E-state index contributed by atoms with van der Waals surface area (Å²) in [6.07, 6.45) is 0. The van der Waals surface area contributed by atoms with E-state index in [1.807, 2.05) is 18.2 Å². The molecular weight excluding hydrogens is 210 g/mol. The van der Waals surface area contributed by atoms with Crippen molar-refractivity contribution in [2.75, 3.05) is 18.1 Å². The van der Waals surface area contributed by atoms with E-state index in [-0.39, 0.29) is 5.91 Å². The molecule has 1 atom stereocenters. The van der Waals surface area contributed by atoms with Crippen LogP contribution in [0.15, 0.2) is 24.3 Å². The highest BCUT2D eigenvalue weighted by Gasteiger charge is 2.49. The van der Waals surface area contributed by atoms with Crippen molar-refractivity contribution in [3.8, 4) is 0 Å². The summed E-state index contributed by atoms with van der Waals surface area (Å²) in [5.74, 6) is 1.45. The molecule has 0 radical (unpaired) electrons. The van der Waals surface area contributed by atoms with Crippen molar-refractivity contribution in [1.82, 2.24) is 4.90 Å². The first-order valence-electron chi connectivity index (χ1n) is 4.95. The minimum Gasteiger partial charge on any atom is -0.366 e. The minimum absolute atomic E-state index is 0.0339. The van der Waals surface area contributed by atoms with Crippen LogP contribution in [0.1, 0.15) is 15.9 Å². The number of hydrogen-bond acceptors (Lipinski definition) is 3. The number of benzene rings is 1. The first-order chi connectivity index (χ1) is 7.23. The number of nitrogens with zero attached hydrogens (tertiary/aromatic N) is 1. The molecule has 0 spiro atoms. The number of carbonyl (C=O) groups is 1. The fourth-order valence-corrected chi connectivity index (χ4v) is 3.34. The second-order valence-corrected chi connectivity index (χ2v) is 4.98. The predicted octanol–water partition coefficient (Wildman–Crippen LogP) is 1.03. The van der Waals surface area contributed by atoms with Gasteiger partial charge >= 0.3 is 0 Å². The fraction of sp³-hybridized carbons (Fsp3) is 0.364. The van der Waals surface area contributed by atoms with Crippen molar-refractivity contribution in [3.63, 3.8) is 0 Å². The van der Waals surface area contributed by atoms with Gasteiger partial charge in [0.1, 0.15) is 0 Å². The lowest BCUT2D eigenvalue weighted by Gasteiger charge is -2.37. The van der Waals surface area contributed by atoms with Crippen molar-refractivity contribution < 1.29 is 9.90 Å². The Bertz CT molecular complexity index is 434. The van der Waals surface area contributed by atoms with Gasteiger partial charge in [-0.1, -0.05) is 18.2 Å². The second kappa shape index (κ2) is 3.00. The van der Waals surface area contributed by atoms with E-state index in [0.29, 0.717) is 17.9 Å². The van der Waals surface area contributed by atoms with Crippen LogP contribution in [0.4, 0.5) is 0 Å². The van der Waals surface area contributed by atoms with Crippen LogP contribution in [0.5, 0.6) is 0 Å². The fourth-order valence-electron chi connectivity index (χ4n) is 2.29. The van der Waals surface area contributed by atoms with Gasteiger partial charge in [0.2, 0.25) is 0 Å². The molecule has 0 bridgehead atoms. The summed E-state index contributed by atoms with van der Waals surface area (Å²) in [6, 6.07) is 7.34. The Balaban J connectivity index is 2.20. The van der Waals surface area contributed by atoms with Gasteiger partial charge in [0.25, 0.3) is 5.91 Å². The molecule has 0 aliphatic carbocycles. The lowest BCUT2D eigenvalue weighted by molar-refractivity contribution is -0.0645. The third kappa shape index (κ3) is 1.09. The maximum Gasteiger partial charge on any atom is 0.256 e. The maximum atomic E-state index is 12.0. The normalized spacial score (nSPS) is 28.9. The molecule has 3 nitrogen and oxygen atoms in total. The number of aliphatic hydroxyl groups is 1. The van der Waals surface area contributed by atoms with Crippen molar-refractivity contribution in [1.29, 1.82) is 0 Å². The zero-order chi connectivity index (χ0) is 10.5. The molecule has 2 aliphatic rings. The first-order valence-corrected chi connectivity index (χ1v) is 6.10. The molecule has 78 valence electrons. The summed E-state index contributed by atoms with van der Waals surface area (Å²) in [5.41, 5.74) is 0.362. The third-order valence-electron chi connectivity index (χ3n) is 3.04. The lowest BCUT2D eigenvalue weighted by Crippen LogP contribution is -2.49. The highest BCUT2D eigenvalue weighted by Crippen LogP contribution is 2.41. The van der Waals surface area contributed by atoms with Crippen LogP contribution in [0.25, 0.3) is 0 Å². The van der Waals surface area contributed by atoms with Gasteiger partial charge in [-0.15, -0.1) is 0 Å². The topological polar surface area (TPSA) is 40.5 Å². The number of amides is 1. The summed E-state index contributed by atoms with van der Waals surface area (Å²) >= 11 is 1.69. The largest absolute Gasteiger partial charge is 0.366 e. The van der Waals surface area contributed by atoms with Crippen molar-refractivity contribution in [2.45, 2.75) is 5.72 Å². The van der Waals surface area contributed by atoms with Crippen LogP contribution >= 0.6 is 11.8 Å². The summed E-state index contributed by atoms with van der Waals surface area (Å²) in [4.78, 5) is 13.6. The number of carbonyl (C=O) groups excluding carboxylic acids is 1. The Labute approximate surface area is 92.1 Å². The molecule has 2 aliphatic heterocycles. The first kappa shape index (κ1) is 9.24. The van der Waals surface area contributed by atoms with E-state index in [4.69, 9.17) is 0 Å². The van der Waals surface area contributed by atoms with E-state index in [2.05, 4.69) is 0 Å². The van der Waals surface area contributed by atoms with Crippen LogP contribution in [-0.4, -0.2) is 34.0 Å². The van der Waals surface area contributed by atoms with Crippen molar-refractivity contribution in [2.24, 2.45) is 0 Å². The third-order valence-corrected chi connectivity index (χ3v) is 4.12. The summed E-state index contributed by atoms with van der Waals surface area (Å²) < 4.78 is 0. The van der Waals surface area contributed by atoms with E-state index in [1.54, 1.807) is 22.7 Å². The van der Waals surface area contributed by atoms with E-state index in [1.165, 1.54) is 0 Å². The Kier molecular flexibility index (Phi) is 1.85. The average molecular weight is 221 g/mol. The molecule has 2 heterocycles. The zero-order valence-electron chi connectivity index (χ0n) is 8.14. The Morgan fingerprint density at radius 3 is 3.07 bits per heavy atom. The summed E-state index contributed by atoms with van der Waals surface area (Å²) in [7, 11) is 0. The van der Waals surface area contributed by atoms with E-state index >= 15 is 0 Å². The monoisotopic (exact) mass is 221 g/mol. The van der Waals surface area contributed by atoms with E-state index < -0.39 is 5.72 Å². The van der Waals surface area contributed by atoms with Crippen molar-refractivity contribution >= 4 is 17.7 Å². The van der Waals surface area contributed by atoms with Crippen LogP contribution in [0.3, 0.4) is 0 Å². The van der Waals surface area contributed by atoms with Crippen LogP contribution in [0, 0.1) is 0 Å². The molecule has 15 heavy (non-hydrogen) atoms. The van der Waals surface area contributed by atoms with Gasteiger partial charge < -0.3 is 10.0 Å². The molecule has 1 unspecified atom stereocenters.